The summed E-state index contributed by atoms with van der Waals surface area (Å²) < 4.78 is 7.68. The number of halogens is 1. The Morgan fingerprint density at radius 3 is 2.76 bits per heavy atom. The van der Waals surface area contributed by atoms with Crippen LogP contribution in [0.25, 0.3) is 16.7 Å². The zero-order valence-corrected chi connectivity index (χ0v) is 12.8. The van der Waals surface area contributed by atoms with Gasteiger partial charge in [-0.1, -0.05) is 18.2 Å². The molecule has 0 amide bonds. The minimum atomic E-state index is -0.173. The van der Waals surface area contributed by atoms with Crippen molar-refractivity contribution >= 4 is 22.6 Å². The van der Waals surface area contributed by atoms with Gasteiger partial charge in [-0.15, -0.1) is 11.6 Å². The molecule has 0 aliphatic rings. The second-order valence-corrected chi connectivity index (χ2v) is 5.50. The van der Waals surface area contributed by atoms with Crippen LogP contribution in [-0.4, -0.2) is 16.2 Å². The van der Waals surface area contributed by atoms with Crippen LogP contribution >= 0.6 is 11.6 Å². The lowest BCUT2D eigenvalue weighted by atomic mass is 10.2. The number of rotatable bonds is 4. The third kappa shape index (κ3) is 2.61. The Balaban J connectivity index is 2.23. The average molecular weight is 301 g/mol. The maximum Gasteiger partial charge on any atom is 0.132 e. The first-order valence-electron chi connectivity index (χ1n) is 7.05. The third-order valence-corrected chi connectivity index (χ3v) is 3.52. The zero-order chi connectivity index (χ0) is 14.8. The van der Waals surface area contributed by atoms with Gasteiger partial charge < -0.3 is 4.74 Å². The maximum atomic E-state index is 6.32. The van der Waals surface area contributed by atoms with Gasteiger partial charge in [0.05, 0.1) is 28.7 Å². The fourth-order valence-corrected chi connectivity index (χ4v) is 2.61. The standard InChI is InChI=1S/C17H17ClN2O/c1-3-21-14-8-6-7-13(11-14)20-16-10-5-4-9-15(16)19-17(20)12(2)18/h4-12H,3H2,1-2H3. The third-order valence-electron chi connectivity index (χ3n) is 3.33. The van der Waals surface area contributed by atoms with E-state index in [2.05, 4.69) is 15.6 Å². The molecule has 0 aliphatic heterocycles. The van der Waals surface area contributed by atoms with Gasteiger partial charge in [-0.05, 0) is 38.1 Å². The van der Waals surface area contributed by atoms with Crippen molar-refractivity contribution in [2.45, 2.75) is 19.2 Å². The van der Waals surface area contributed by atoms with Gasteiger partial charge in [0, 0.05) is 6.07 Å². The molecule has 1 atom stereocenters. The molecule has 0 N–H and O–H groups in total. The van der Waals surface area contributed by atoms with Crippen molar-refractivity contribution in [3.05, 3.63) is 54.4 Å². The van der Waals surface area contributed by atoms with Crippen LogP contribution in [0.2, 0.25) is 0 Å². The Bertz CT molecular complexity index is 764. The summed E-state index contributed by atoms with van der Waals surface area (Å²) in [6.45, 7) is 4.56. The molecule has 0 bridgehead atoms. The molecule has 3 aromatic rings. The van der Waals surface area contributed by atoms with Crippen molar-refractivity contribution in [3.63, 3.8) is 0 Å². The molecule has 21 heavy (non-hydrogen) atoms. The summed E-state index contributed by atoms with van der Waals surface area (Å²) in [4.78, 5) is 4.65. The minimum Gasteiger partial charge on any atom is -0.494 e. The predicted octanol–water partition coefficient (Wildman–Crippen LogP) is 4.72. The van der Waals surface area contributed by atoms with Crippen molar-refractivity contribution < 1.29 is 4.74 Å². The average Bonchev–Trinajstić information content (AvgIpc) is 2.87. The zero-order valence-electron chi connectivity index (χ0n) is 12.1. The number of nitrogens with zero attached hydrogens (tertiary/aromatic N) is 2. The van der Waals surface area contributed by atoms with Crippen LogP contribution in [0, 0.1) is 0 Å². The quantitative estimate of drug-likeness (QED) is 0.652. The van der Waals surface area contributed by atoms with Crippen molar-refractivity contribution in [1.82, 2.24) is 9.55 Å². The minimum absolute atomic E-state index is 0.173. The van der Waals surface area contributed by atoms with Crippen LogP contribution < -0.4 is 4.74 Å². The second kappa shape index (κ2) is 5.78. The number of para-hydroxylation sites is 2. The highest BCUT2D eigenvalue weighted by atomic mass is 35.5. The van der Waals surface area contributed by atoms with Gasteiger partial charge in [0.2, 0.25) is 0 Å². The molecule has 3 nitrogen and oxygen atoms in total. The summed E-state index contributed by atoms with van der Waals surface area (Å²) in [5.41, 5.74) is 3.01. The monoisotopic (exact) mass is 300 g/mol. The summed E-state index contributed by atoms with van der Waals surface area (Å²) in [5.74, 6) is 1.69. The Morgan fingerprint density at radius 1 is 1.19 bits per heavy atom. The van der Waals surface area contributed by atoms with E-state index in [1.54, 1.807) is 0 Å². The van der Waals surface area contributed by atoms with E-state index in [-0.39, 0.29) is 5.38 Å². The Hall–Kier alpha value is -2.00. The van der Waals surface area contributed by atoms with Crippen LogP contribution in [0.1, 0.15) is 25.0 Å². The highest BCUT2D eigenvalue weighted by Gasteiger charge is 2.16. The number of aromatic nitrogens is 2. The van der Waals surface area contributed by atoms with Gasteiger partial charge in [0.1, 0.15) is 11.6 Å². The van der Waals surface area contributed by atoms with Crippen LogP contribution in [0.3, 0.4) is 0 Å². The Labute approximate surface area is 129 Å². The van der Waals surface area contributed by atoms with E-state index in [4.69, 9.17) is 16.3 Å². The summed E-state index contributed by atoms with van der Waals surface area (Å²) in [6.07, 6.45) is 0. The van der Waals surface area contributed by atoms with Crippen molar-refractivity contribution in [2.24, 2.45) is 0 Å². The first-order valence-corrected chi connectivity index (χ1v) is 7.49. The molecule has 0 radical (unpaired) electrons. The predicted molar refractivity (Wildman–Crippen MR) is 86.5 cm³/mol. The Morgan fingerprint density at radius 2 is 2.00 bits per heavy atom. The van der Waals surface area contributed by atoms with Crippen molar-refractivity contribution in [1.29, 1.82) is 0 Å². The van der Waals surface area contributed by atoms with Gasteiger partial charge in [-0.25, -0.2) is 4.98 Å². The molecule has 4 heteroatoms. The topological polar surface area (TPSA) is 27.1 Å². The fraction of sp³-hybridized carbons (Fsp3) is 0.235. The number of hydrogen-bond donors (Lipinski definition) is 0. The number of fused-ring (bicyclic) bond motifs is 1. The molecular formula is C17H17ClN2O. The molecule has 1 heterocycles. The van der Waals surface area contributed by atoms with Gasteiger partial charge in [-0.2, -0.15) is 0 Å². The van der Waals surface area contributed by atoms with Crippen LogP contribution in [0.4, 0.5) is 0 Å². The Kier molecular flexibility index (Phi) is 3.84. The highest BCUT2D eigenvalue weighted by molar-refractivity contribution is 6.20. The van der Waals surface area contributed by atoms with Gasteiger partial charge in [-0.3, -0.25) is 4.57 Å². The molecule has 0 aliphatic carbocycles. The van der Waals surface area contributed by atoms with Gasteiger partial charge in [0.15, 0.2) is 0 Å². The number of imidazole rings is 1. The van der Waals surface area contributed by atoms with E-state index in [1.165, 1.54) is 0 Å². The largest absolute Gasteiger partial charge is 0.494 e. The SMILES string of the molecule is CCOc1cccc(-n2c(C(C)Cl)nc3ccccc32)c1. The van der Waals surface area contributed by atoms with Crippen LogP contribution in [0.15, 0.2) is 48.5 Å². The molecule has 2 aromatic carbocycles. The first-order chi connectivity index (χ1) is 10.2. The number of alkyl halides is 1. The van der Waals surface area contributed by atoms with E-state index in [0.29, 0.717) is 6.61 Å². The molecule has 0 saturated heterocycles. The first kappa shape index (κ1) is 14.0. The van der Waals surface area contributed by atoms with Crippen LogP contribution in [0.5, 0.6) is 5.75 Å². The molecule has 0 saturated carbocycles. The lowest BCUT2D eigenvalue weighted by Crippen LogP contribution is -2.02. The number of benzene rings is 2. The van der Waals surface area contributed by atoms with E-state index in [9.17, 15) is 0 Å². The van der Waals surface area contributed by atoms with E-state index >= 15 is 0 Å². The molecular weight excluding hydrogens is 284 g/mol. The molecule has 1 aromatic heterocycles. The van der Waals surface area contributed by atoms with Crippen LogP contribution in [-0.2, 0) is 0 Å². The second-order valence-electron chi connectivity index (χ2n) is 4.84. The summed E-state index contributed by atoms with van der Waals surface area (Å²) in [6, 6.07) is 16.0. The lowest BCUT2D eigenvalue weighted by Gasteiger charge is -2.12. The van der Waals surface area contributed by atoms with Crippen molar-refractivity contribution in [2.75, 3.05) is 6.61 Å². The van der Waals surface area contributed by atoms with Gasteiger partial charge >= 0.3 is 0 Å². The maximum absolute atomic E-state index is 6.32. The molecule has 1 unspecified atom stereocenters. The smallest absolute Gasteiger partial charge is 0.132 e. The fourth-order valence-electron chi connectivity index (χ4n) is 2.46. The lowest BCUT2D eigenvalue weighted by molar-refractivity contribution is 0.340. The molecule has 3 rings (SSSR count). The number of hydrogen-bond acceptors (Lipinski definition) is 2. The number of ether oxygens (including phenoxy) is 1. The summed E-state index contributed by atoms with van der Waals surface area (Å²) in [5, 5.41) is -0.173. The van der Waals surface area contributed by atoms with E-state index in [0.717, 1.165) is 28.3 Å². The van der Waals surface area contributed by atoms with Crippen molar-refractivity contribution in [3.8, 4) is 11.4 Å². The molecule has 0 fully saturated rings. The van der Waals surface area contributed by atoms with Gasteiger partial charge in [0.25, 0.3) is 0 Å². The highest BCUT2D eigenvalue weighted by Crippen LogP contribution is 2.29. The summed E-state index contributed by atoms with van der Waals surface area (Å²) in [7, 11) is 0. The molecule has 108 valence electrons. The van der Waals surface area contributed by atoms with E-state index < -0.39 is 0 Å². The summed E-state index contributed by atoms with van der Waals surface area (Å²) >= 11 is 6.32. The van der Waals surface area contributed by atoms with E-state index in [1.807, 2.05) is 56.3 Å². The molecule has 0 spiro atoms. The normalized spacial score (nSPS) is 12.5.